The lowest BCUT2D eigenvalue weighted by Crippen LogP contribution is -2.38. The molecule has 12 bridgehead atoms. The summed E-state index contributed by atoms with van der Waals surface area (Å²) >= 11 is 0. The molecule has 0 aromatic carbocycles. The first kappa shape index (κ1) is 60.8. The maximum Gasteiger partial charge on any atom is 0.309 e. The third-order valence-electron chi connectivity index (χ3n) is 24.9. The minimum absolute atomic E-state index is 0.0875. The van der Waals surface area contributed by atoms with Crippen LogP contribution in [0.1, 0.15) is 183 Å². The largest absolute Gasteiger partial charge is 0.469 e. The van der Waals surface area contributed by atoms with Gasteiger partial charge in [0, 0.05) is 13.8 Å². The zero-order chi connectivity index (χ0) is 57.6. The van der Waals surface area contributed by atoms with Gasteiger partial charge in [-0.1, -0.05) is 34.1 Å². The highest BCUT2D eigenvalue weighted by molar-refractivity contribution is 5.76. The van der Waals surface area contributed by atoms with Crippen LogP contribution in [-0.2, 0) is 66.7 Å². The number of ether oxygens (including phenoxy) is 8. The molecule has 15 aliphatic rings. The van der Waals surface area contributed by atoms with Gasteiger partial charge in [-0.3, -0.25) is 28.8 Å². The summed E-state index contributed by atoms with van der Waals surface area (Å²) in [6, 6.07) is 0. The Labute approximate surface area is 485 Å². The Hall–Kier alpha value is -3.26. The summed E-state index contributed by atoms with van der Waals surface area (Å²) in [7, 11) is 5.50. The molecule has 14 heteroatoms. The second-order valence-corrected chi connectivity index (χ2v) is 28.8. The van der Waals surface area contributed by atoms with E-state index in [2.05, 4.69) is 9.47 Å². The molecule has 456 valence electrons. The lowest BCUT2D eigenvalue weighted by Gasteiger charge is -2.38. The number of rotatable bonds is 13. The summed E-state index contributed by atoms with van der Waals surface area (Å²) in [5, 5.41) is 0. The Morgan fingerprint density at radius 2 is 0.827 bits per heavy atom. The van der Waals surface area contributed by atoms with Gasteiger partial charge in [-0.15, -0.1) is 0 Å². The van der Waals surface area contributed by atoms with Crippen LogP contribution in [0.5, 0.6) is 0 Å². The fourth-order valence-electron chi connectivity index (χ4n) is 21.4. The molecule has 13 aliphatic carbocycles. The molecule has 14 nitrogen and oxygen atoms in total. The first-order valence-electron chi connectivity index (χ1n) is 32.9. The van der Waals surface area contributed by atoms with Crippen LogP contribution >= 0.6 is 0 Å². The maximum atomic E-state index is 12.7. The summed E-state index contributed by atoms with van der Waals surface area (Å²) in [5.74, 6) is 15.6. The third kappa shape index (κ3) is 13.0. The summed E-state index contributed by atoms with van der Waals surface area (Å²) < 4.78 is 40.9. The Morgan fingerprint density at radius 3 is 1.21 bits per heavy atom. The van der Waals surface area contributed by atoms with Gasteiger partial charge in [-0.25, -0.2) is 0 Å². The van der Waals surface area contributed by atoms with Gasteiger partial charge in [0.05, 0.1) is 77.0 Å². The average Bonchev–Trinajstić information content (AvgIpc) is 4.34. The minimum Gasteiger partial charge on any atom is -0.469 e. The molecule has 15 fully saturated rings. The summed E-state index contributed by atoms with van der Waals surface area (Å²) in [4.78, 5) is 68.0. The standard InChI is InChI=1S/2C21H32O4.C10H14O.C9H14O.2C3H6O2/c2*1-4-12(7-11(2)20(22)24-3)21(23)25-17-10-15-9-16(17)19-14-6-5-13(8-14)18(15)19;1-2-6-3-5(1)7-4-8-10(11-8)9(6)7;1-2-7-3-6(1)4-8(7)9-5-10-9;2*1-3(4)5-2/h2*11-19H,4-10H2,1-3H3;5-10H,1-4H2;6-9H,1-5H2;2*1-2H3. The van der Waals surface area contributed by atoms with E-state index >= 15 is 0 Å². The molecule has 81 heavy (non-hydrogen) atoms. The zero-order valence-corrected chi connectivity index (χ0v) is 51.1. The van der Waals surface area contributed by atoms with Crippen molar-refractivity contribution in [3.8, 4) is 0 Å². The van der Waals surface area contributed by atoms with Crippen molar-refractivity contribution in [1.29, 1.82) is 0 Å². The fraction of sp³-hybridized carbons (Fsp3) is 0.910. The molecule has 2 saturated heterocycles. The number of carbonyl (C=O) groups is 6. The van der Waals surface area contributed by atoms with Gasteiger partial charge >= 0.3 is 35.8 Å². The topological polar surface area (TPSA) is 183 Å². The highest BCUT2D eigenvalue weighted by atomic mass is 16.6. The number of fused-ring (bicyclic) bond motifs is 27. The van der Waals surface area contributed by atoms with Crippen LogP contribution < -0.4 is 0 Å². The van der Waals surface area contributed by atoms with E-state index in [0.717, 1.165) is 145 Å². The molecule has 28 unspecified atom stereocenters. The van der Waals surface area contributed by atoms with Gasteiger partial charge in [0.1, 0.15) is 12.2 Å². The average molecular weight is 1130 g/mol. The van der Waals surface area contributed by atoms with Gasteiger partial charge in [0.15, 0.2) is 0 Å². The van der Waals surface area contributed by atoms with E-state index in [1.54, 1.807) is 12.8 Å². The number of epoxide rings is 2. The molecule has 13 saturated carbocycles. The Balaban J connectivity index is 0.000000121. The predicted molar refractivity (Wildman–Crippen MR) is 302 cm³/mol. The van der Waals surface area contributed by atoms with Crippen molar-refractivity contribution in [3.63, 3.8) is 0 Å². The highest BCUT2D eigenvalue weighted by Crippen LogP contribution is 2.69. The smallest absolute Gasteiger partial charge is 0.309 e. The molecule has 0 amide bonds. The van der Waals surface area contributed by atoms with Crippen LogP contribution in [0.15, 0.2) is 0 Å². The van der Waals surface area contributed by atoms with E-state index in [0.29, 0.717) is 30.8 Å². The normalized spacial score (nSPS) is 43.9. The number of methoxy groups -OCH3 is 4. The molecule has 2 heterocycles. The van der Waals surface area contributed by atoms with Crippen LogP contribution in [0.25, 0.3) is 0 Å². The van der Waals surface area contributed by atoms with E-state index in [1.165, 1.54) is 132 Å². The third-order valence-corrected chi connectivity index (χ3v) is 24.9. The van der Waals surface area contributed by atoms with Gasteiger partial charge in [0.2, 0.25) is 0 Å². The second-order valence-electron chi connectivity index (χ2n) is 28.8. The number of esters is 6. The summed E-state index contributed by atoms with van der Waals surface area (Å²) in [6.07, 6.45) is 30.4. The first-order chi connectivity index (χ1) is 39.0. The molecule has 0 N–H and O–H groups in total. The lowest BCUT2D eigenvalue weighted by molar-refractivity contribution is -0.161. The Kier molecular flexibility index (Phi) is 19.6. The van der Waals surface area contributed by atoms with E-state index in [4.69, 9.17) is 28.4 Å². The van der Waals surface area contributed by atoms with Crippen LogP contribution in [0.4, 0.5) is 0 Å². The van der Waals surface area contributed by atoms with E-state index in [1.807, 2.05) is 27.7 Å². The summed E-state index contributed by atoms with van der Waals surface area (Å²) in [5.41, 5.74) is 0. The van der Waals surface area contributed by atoms with Gasteiger partial charge in [-0.05, 0) is 247 Å². The lowest BCUT2D eigenvalue weighted by atomic mass is 9.70. The molecule has 2 aliphatic heterocycles. The van der Waals surface area contributed by atoms with Crippen molar-refractivity contribution in [2.24, 2.45) is 136 Å². The SMILES string of the molecule is C1CC2CC1C1CC3OC3C21.C1CC2CC1CC2C1CO1.CCC(CC(C)C(=O)OC)C(=O)OC1CC2CC1C1C3CCC(C3)C21.CCC(CC(C)C(=O)OC)C(=O)OC1CC2CC1C1C3CCC(C3)C21.COC(C)=O.COC(C)=O. The van der Waals surface area contributed by atoms with Crippen LogP contribution in [0.2, 0.25) is 0 Å². The number of hydrogen-bond donors (Lipinski definition) is 0. The molecule has 28 atom stereocenters. The zero-order valence-electron chi connectivity index (χ0n) is 51.1. The monoisotopic (exact) mass is 1130 g/mol. The van der Waals surface area contributed by atoms with Gasteiger partial charge in [0.25, 0.3) is 0 Å². The van der Waals surface area contributed by atoms with E-state index in [-0.39, 0.29) is 71.7 Å². The molecular weight excluding hydrogens is 1030 g/mol. The fourth-order valence-corrected chi connectivity index (χ4v) is 21.4. The molecule has 0 aromatic rings. The van der Waals surface area contributed by atoms with Crippen molar-refractivity contribution in [2.45, 2.75) is 213 Å². The summed E-state index contributed by atoms with van der Waals surface area (Å²) in [6.45, 7) is 11.5. The maximum absolute atomic E-state index is 12.7. The number of carbonyl (C=O) groups excluding carboxylic acids is 6. The molecule has 0 spiro atoms. The van der Waals surface area contributed by atoms with E-state index in [9.17, 15) is 28.8 Å². The Morgan fingerprint density at radius 1 is 0.420 bits per heavy atom. The number of hydrogen-bond acceptors (Lipinski definition) is 14. The molecular formula is C67H104O14. The van der Waals surface area contributed by atoms with Gasteiger partial charge in [-0.2, -0.15) is 0 Å². The quantitative estimate of drug-likeness (QED) is 0.0734. The van der Waals surface area contributed by atoms with Gasteiger partial charge < -0.3 is 37.9 Å². The highest BCUT2D eigenvalue weighted by Gasteiger charge is 2.66. The van der Waals surface area contributed by atoms with Crippen molar-refractivity contribution in [3.05, 3.63) is 0 Å². The van der Waals surface area contributed by atoms with Crippen molar-refractivity contribution in [1.82, 2.24) is 0 Å². The Bertz CT molecular complexity index is 2100. The molecule has 15 rings (SSSR count). The van der Waals surface area contributed by atoms with Crippen LogP contribution in [-0.4, -0.2) is 101 Å². The molecule has 0 aromatic heterocycles. The second kappa shape index (κ2) is 26.2. The van der Waals surface area contributed by atoms with Crippen molar-refractivity contribution < 1.29 is 66.7 Å². The predicted octanol–water partition coefficient (Wildman–Crippen LogP) is 11.7. The van der Waals surface area contributed by atoms with Crippen molar-refractivity contribution >= 4 is 35.8 Å². The minimum atomic E-state index is -0.252. The van der Waals surface area contributed by atoms with E-state index < -0.39 is 0 Å². The van der Waals surface area contributed by atoms with Crippen LogP contribution in [0, 0.1) is 136 Å². The molecule has 0 radical (unpaired) electrons. The first-order valence-corrected chi connectivity index (χ1v) is 32.9. The van der Waals surface area contributed by atoms with Crippen molar-refractivity contribution in [2.75, 3.05) is 35.0 Å². The van der Waals surface area contributed by atoms with Crippen LogP contribution in [0.3, 0.4) is 0 Å².